The van der Waals surface area contributed by atoms with E-state index in [0.29, 0.717) is 0 Å². The normalized spacial score (nSPS) is 21.3. The molecule has 1 fully saturated rings. The lowest BCUT2D eigenvalue weighted by molar-refractivity contribution is 0.566. The van der Waals surface area contributed by atoms with Gasteiger partial charge in [-0.3, -0.25) is 4.98 Å². The number of rotatable bonds is 2. The van der Waals surface area contributed by atoms with Gasteiger partial charge in [0.05, 0.1) is 6.04 Å². The van der Waals surface area contributed by atoms with Gasteiger partial charge in [0.25, 0.3) is 0 Å². The number of nitrogens with zero attached hydrogens (tertiary/aromatic N) is 2. The SMILES string of the molecule is c1cncc(C2NCCc3ccc(N4CCCC4)cc32)c1. The van der Waals surface area contributed by atoms with Crippen molar-refractivity contribution < 1.29 is 0 Å². The minimum atomic E-state index is 0.282. The van der Waals surface area contributed by atoms with Gasteiger partial charge in [-0.05, 0) is 54.2 Å². The largest absolute Gasteiger partial charge is 0.372 e. The van der Waals surface area contributed by atoms with E-state index in [2.05, 4.69) is 39.5 Å². The van der Waals surface area contributed by atoms with E-state index in [1.807, 2.05) is 18.5 Å². The maximum absolute atomic E-state index is 4.28. The number of fused-ring (bicyclic) bond motifs is 1. The van der Waals surface area contributed by atoms with Crippen molar-refractivity contribution in [2.75, 3.05) is 24.5 Å². The van der Waals surface area contributed by atoms with E-state index in [1.165, 1.54) is 48.3 Å². The highest BCUT2D eigenvalue weighted by Gasteiger charge is 2.23. The molecule has 21 heavy (non-hydrogen) atoms. The molecule has 3 nitrogen and oxygen atoms in total. The Balaban J connectivity index is 1.73. The van der Waals surface area contributed by atoms with Crippen LogP contribution >= 0.6 is 0 Å². The van der Waals surface area contributed by atoms with Gasteiger partial charge in [0.1, 0.15) is 0 Å². The Hall–Kier alpha value is -1.87. The van der Waals surface area contributed by atoms with Gasteiger partial charge in [0, 0.05) is 37.7 Å². The van der Waals surface area contributed by atoms with Crippen molar-refractivity contribution in [1.29, 1.82) is 0 Å². The van der Waals surface area contributed by atoms with E-state index >= 15 is 0 Å². The van der Waals surface area contributed by atoms with Gasteiger partial charge in [0.15, 0.2) is 0 Å². The summed E-state index contributed by atoms with van der Waals surface area (Å²) in [4.78, 5) is 6.79. The van der Waals surface area contributed by atoms with Gasteiger partial charge in [-0.15, -0.1) is 0 Å². The van der Waals surface area contributed by atoms with E-state index in [9.17, 15) is 0 Å². The van der Waals surface area contributed by atoms with Crippen LogP contribution < -0.4 is 10.2 Å². The molecule has 2 aromatic rings. The molecule has 3 heteroatoms. The molecule has 0 spiro atoms. The smallest absolute Gasteiger partial charge is 0.0595 e. The molecule has 1 aromatic carbocycles. The number of hydrogen-bond donors (Lipinski definition) is 1. The molecular formula is C18H21N3. The van der Waals surface area contributed by atoms with Crippen LogP contribution in [0.2, 0.25) is 0 Å². The summed E-state index contributed by atoms with van der Waals surface area (Å²) in [7, 11) is 0. The number of anilines is 1. The maximum Gasteiger partial charge on any atom is 0.0595 e. The molecule has 1 saturated heterocycles. The average molecular weight is 279 g/mol. The summed E-state index contributed by atoms with van der Waals surface area (Å²) in [6.07, 6.45) is 7.58. The molecule has 4 rings (SSSR count). The van der Waals surface area contributed by atoms with Crippen molar-refractivity contribution in [3.63, 3.8) is 0 Å². The molecule has 3 heterocycles. The number of nitrogens with one attached hydrogen (secondary N) is 1. The highest BCUT2D eigenvalue weighted by Crippen LogP contribution is 2.32. The van der Waals surface area contributed by atoms with Crippen LogP contribution in [0.5, 0.6) is 0 Å². The summed E-state index contributed by atoms with van der Waals surface area (Å²) in [5.41, 5.74) is 5.55. The lowest BCUT2D eigenvalue weighted by Gasteiger charge is -2.29. The summed E-state index contributed by atoms with van der Waals surface area (Å²) in [6, 6.07) is 11.5. The second kappa shape index (κ2) is 5.49. The van der Waals surface area contributed by atoms with Crippen molar-refractivity contribution in [2.24, 2.45) is 0 Å². The zero-order valence-corrected chi connectivity index (χ0v) is 12.3. The Labute approximate surface area is 126 Å². The van der Waals surface area contributed by atoms with Crippen LogP contribution in [0.3, 0.4) is 0 Å². The Bertz CT molecular complexity index is 618. The van der Waals surface area contributed by atoms with Crippen molar-refractivity contribution in [2.45, 2.75) is 25.3 Å². The second-order valence-corrected chi connectivity index (χ2v) is 6.00. The molecule has 0 saturated carbocycles. The number of pyridine rings is 1. The third-order valence-corrected chi connectivity index (χ3v) is 4.67. The van der Waals surface area contributed by atoms with Crippen LogP contribution in [0, 0.1) is 0 Å². The van der Waals surface area contributed by atoms with Crippen LogP contribution in [0.4, 0.5) is 5.69 Å². The van der Waals surface area contributed by atoms with Crippen LogP contribution in [0.25, 0.3) is 0 Å². The summed E-state index contributed by atoms with van der Waals surface area (Å²) < 4.78 is 0. The topological polar surface area (TPSA) is 28.2 Å². The van der Waals surface area contributed by atoms with Crippen molar-refractivity contribution in [3.8, 4) is 0 Å². The molecule has 1 atom stereocenters. The summed E-state index contributed by atoms with van der Waals surface area (Å²) in [5.74, 6) is 0. The molecule has 1 aromatic heterocycles. The Morgan fingerprint density at radius 2 is 2.05 bits per heavy atom. The minimum absolute atomic E-state index is 0.282. The Morgan fingerprint density at radius 1 is 1.14 bits per heavy atom. The summed E-state index contributed by atoms with van der Waals surface area (Å²) >= 11 is 0. The molecule has 1 unspecified atom stereocenters. The van der Waals surface area contributed by atoms with Crippen molar-refractivity contribution in [3.05, 3.63) is 59.4 Å². The first kappa shape index (κ1) is 12.8. The highest BCUT2D eigenvalue weighted by molar-refractivity contribution is 5.54. The Kier molecular flexibility index (Phi) is 3.36. The molecule has 108 valence electrons. The van der Waals surface area contributed by atoms with E-state index in [0.717, 1.165) is 13.0 Å². The molecule has 1 N–H and O–H groups in total. The molecule has 2 aliphatic heterocycles. The van der Waals surface area contributed by atoms with Crippen LogP contribution in [0.15, 0.2) is 42.7 Å². The van der Waals surface area contributed by atoms with Crippen LogP contribution in [0.1, 0.15) is 35.6 Å². The van der Waals surface area contributed by atoms with E-state index in [1.54, 1.807) is 0 Å². The fourth-order valence-electron chi connectivity index (χ4n) is 3.56. The maximum atomic E-state index is 4.28. The molecule has 0 radical (unpaired) electrons. The van der Waals surface area contributed by atoms with Gasteiger partial charge in [-0.1, -0.05) is 12.1 Å². The molecule has 0 amide bonds. The molecular weight excluding hydrogens is 258 g/mol. The first-order valence-corrected chi connectivity index (χ1v) is 7.93. The summed E-state index contributed by atoms with van der Waals surface area (Å²) in [6.45, 7) is 3.43. The average Bonchev–Trinajstić information content (AvgIpc) is 3.09. The van der Waals surface area contributed by atoms with E-state index < -0.39 is 0 Å². The third kappa shape index (κ3) is 2.42. The second-order valence-electron chi connectivity index (χ2n) is 6.00. The fourth-order valence-corrected chi connectivity index (χ4v) is 3.56. The van der Waals surface area contributed by atoms with Gasteiger partial charge in [0.2, 0.25) is 0 Å². The summed E-state index contributed by atoms with van der Waals surface area (Å²) in [5, 5.41) is 3.65. The van der Waals surface area contributed by atoms with Gasteiger partial charge in [-0.25, -0.2) is 0 Å². The van der Waals surface area contributed by atoms with Gasteiger partial charge < -0.3 is 10.2 Å². The van der Waals surface area contributed by atoms with Crippen LogP contribution in [-0.2, 0) is 6.42 Å². The van der Waals surface area contributed by atoms with Crippen molar-refractivity contribution >= 4 is 5.69 Å². The standard InChI is InChI=1S/C18H21N3/c1-2-11-21(10-1)16-6-5-14-7-9-20-18(17(14)12-16)15-4-3-8-19-13-15/h3-6,8,12-13,18,20H,1-2,7,9-11H2. The molecule has 0 aliphatic carbocycles. The predicted octanol–water partition coefficient (Wildman–Crippen LogP) is 2.92. The van der Waals surface area contributed by atoms with Crippen molar-refractivity contribution in [1.82, 2.24) is 10.3 Å². The highest BCUT2D eigenvalue weighted by atomic mass is 15.1. The number of benzene rings is 1. The molecule has 0 bridgehead atoms. The number of aromatic nitrogens is 1. The first-order valence-electron chi connectivity index (χ1n) is 7.93. The lowest BCUT2D eigenvalue weighted by atomic mass is 9.90. The Morgan fingerprint density at radius 3 is 2.86 bits per heavy atom. The number of hydrogen-bond acceptors (Lipinski definition) is 3. The zero-order chi connectivity index (χ0) is 14.1. The first-order chi connectivity index (χ1) is 10.4. The van der Waals surface area contributed by atoms with Crippen LogP contribution in [-0.4, -0.2) is 24.6 Å². The van der Waals surface area contributed by atoms with E-state index in [-0.39, 0.29) is 6.04 Å². The predicted molar refractivity (Wildman–Crippen MR) is 85.7 cm³/mol. The fraction of sp³-hybridized carbons (Fsp3) is 0.389. The van der Waals surface area contributed by atoms with Gasteiger partial charge in [-0.2, -0.15) is 0 Å². The zero-order valence-electron chi connectivity index (χ0n) is 12.3. The quantitative estimate of drug-likeness (QED) is 0.916. The lowest BCUT2D eigenvalue weighted by Crippen LogP contribution is -2.31. The third-order valence-electron chi connectivity index (χ3n) is 4.67. The minimum Gasteiger partial charge on any atom is -0.372 e. The monoisotopic (exact) mass is 279 g/mol. The molecule has 2 aliphatic rings. The van der Waals surface area contributed by atoms with E-state index in [4.69, 9.17) is 0 Å². The van der Waals surface area contributed by atoms with Gasteiger partial charge >= 0.3 is 0 Å².